The number of nitrogens with one attached hydrogen (secondary N) is 1. The van der Waals surface area contributed by atoms with Gasteiger partial charge in [-0.3, -0.25) is 14.8 Å². The molecule has 2 N–H and O–H groups in total. The van der Waals surface area contributed by atoms with Gasteiger partial charge in [-0.2, -0.15) is 0 Å². The largest absolute Gasteiger partial charge is 0.481 e. The summed E-state index contributed by atoms with van der Waals surface area (Å²) in [6.45, 7) is 0.448. The third-order valence-corrected chi connectivity index (χ3v) is 4.61. The highest BCUT2D eigenvalue weighted by atomic mass is 16.6. The Balaban J connectivity index is 1.63. The number of carboxylic acids is 1. The number of ether oxygens (including phenoxy) is 1. The van der Waals surface area contributed by atoms with Crippen molar-refractivity contribution < 1.29 is 19.4 Å². The molecule has 1 aliphatic rings. The Hall–Kier alpha value is -3.22. The predicted octanol–water partition coefficient (Wildman–Crippen LogP) is 3.62. The van der Waals surface area contributed by atoms with Gasteiger partial charge in [0.1, 0.15) is 6.10 Å². The molecule has 1 atom stereocenters. The molecule has 146 valence electrons. The number of alkyl carbamates (subject to hydrolysis) is 1. The summed E-state index contributed by atoms with van der Waals surface area (Å²) in [5.41, 5.74) is 3.86. The predicted molar refractivity (Wildman–Crippen MR) is 104 cm³/mol. The van der Waals surface area contributed by atoms with Crippen LogP contribution in [0.15, 0.2) is 36.9 Å². The molecular formula is C21H23N3O4. The Bertz CT molecular complexity index is 866. The van der Waals surface area contributed by atoms with Gasteiger partial charge >= 0.3 is 12.1 Å². The SMILES string of the molecule is O=C(O)CCCCCNC(=O)OC1Cc2cnccc2/C=C\c2ccncc21. The first kappa shape index (κ1) is 19.5. The van der Waals surface area contributed by atoms with Gasteiger partial charge in [0.25, 0.3) is 0 Å². The Morgan fingerprint density at radius 1 is 1.07 bits per heavy atom. The maximum atomic E-state index is 12.3. The average Bonchev–Trinajstić information content (AvgIpc) is 2.68. The second-order valence-corrected chi connectivity index (χ2v) is 6.64. The molecule has 0 spiro atoms. The van der Waals surface area contributed by atoms with E-state index < -0.39 is 18.2 Å². The maximum Gasteiger partial charge on any atom is 0.407 e. The Morgan fingerprint density at radius 2 is 1.82 bits per heavy atom. The van der Waals surface area contributed by atoms with Crippen LogP contribution in [0.4, 0.5) is 4.79 Å². The van der Waals surface area contributed by atoms with Crippen LogP contribution < -0.4 is 5.32 Å². The van der Waals surface area contributed by atoms with Crippen molar-refractivity contribution in [3.63, 3.8) is 0 Å². The molecule has 1 aliphatic carbocycles. The number of rotatable bonds is 7. The highest BCUT2D eigenvalue weighted by Gasteiger charge is 2.22. The van der Waals surface area contributed by atoms with E-state index in [9.17, 15) is 9.59 Å². The standard InChI is InChI=1S/C21H23N3O4/c25-20(26)4-2-1-3-9-24-21(27)28-19-12-17-13-22-10-7-15(17)5-6-16-8-11-23-14-18(16)19/h5-8,10-11,13-14,19H,1-4,9,12H2,(H,24,27)(H,25,26)/b6-5-. The zero-order valence-corrected chi connectivity index (χ0v) is 15.5. The molecule has 1 unspecified atom stereocenters. The number of aromatic nitrogens is 2. The van der Waals surface area contributed by atoms with Crippen LogP contribution in [0.2, 0.25) is 0 Å². The van der Waals surface area contributed by atoms with Gasteiger partial charge in [-0.05, 0) is 41.7 Å². The van der Waals surface area contributed by atoms with Crippen LogP contribution in [0, 0.1) is 0 Å². The summed E-state index contributed by atoms with van der Waals surface area (Å²) in [6, 6.07) is 3.83. The lowest BCUT2D eigenvalue weighted by Gasteiger charge is -2.22. The van der Waals surface area contributed by atoms with Crippen molar-refractivity contribution >= 4 is 24.2 Å². The summed E-state index contributed by atoms with van der Waals surface area (Å²) < 4.78 is 5.71. The van der Waals surface area contributed by atoms with E-state index in [4.69, 9.17) is 9.84 Å². The number of unbranched alkanes of at least 4 members (excludes halogenated alkanes) is 2. The van der Waals surface area contributed by atoms with E-state index in [2.05, 4.69) is 15.3 Å². The topological polar surface area (TPSA) is 101 Å². The Kier molecular flexibility index (Phi) is 6.73. The molecule has 2 aromatic heterocycles. The van der Waals surface area contributed by atoms with Crippen molar-refractivity contribution in [2.75, 3.05) is 6.54 Å². The van der Waals surface area contributed by atoms with E-state index in [-0.39, 0.29) is 6.42 Å². The molecule has 0 radical (unpaired) electrons. The van der Waals surface area contributed by atoms with Gasteiger partial charge in [0.05, 0.1) is 0 Å². The highest BCUT2D eigenvalue weighted by molar-refractivity contribution is 5.74. The number of amides is 1. The molecule has 0 bridgehead atoms. The van der Waals surface area contributed by atoms with Crippen molar-refractivity contribution in [2.45, 2.75) is 38.2 Å². The van der Waals surface area contributed by atoms with E-state index >= 15 is 0 Å². The minimum atomic E-state index is -0.798. The zero-order valence-electron chi connectivity index (χ0n) is 15.5. The number of carbonyl (C=O) groups is 2. The fraction of sp³-hybridized carbons (Fsp3) is 0.333. The lowest BCUT2D eigenvalue weighted by Crippen LogP contribution is -2.28. The lowest BCUT2D eigenvalue weighted by molar-refractivity contribution is -0.137. The average molecular weight is 381 g/mol. The van der Waals surface area contributed by atoms with E-state index in [1.165, 1.54) is 0 Å². The first-order valence-electron chi connectivity index (χ1n) is 9.34. The number of hydrogen-bond acceptors (Lipinski definition) is 5. The number of hydrogen-bond donors (Lipinski definition) is 2. The molecule has 1 amide bonds. The molecule has 7 heteroatoms. The smallest absolute Gasteiger partial charge is 0.407 e. The van der Waals surface area contributed by atoms with Gasteiger partial charge in [0.2, 0.25) is 0 Å². The number of pyridine rings is 2. The van der Waals surface area contributed by atoms with Crippen LogP contribution in [0.25, 0.3) is 12.2 Å². The van der Waals surface area contributed by atoms with Gasteiger partial charge in [0, 0.05) is 49.7 Å². The van der Waals surface area contributed by atoms with E-state index in [0.29, 0.717) is 25.8 Å². The second-order valence-electron chi connectivity index (χ2n) is 6.64. The minimum absolute atomic E-state index is 0.150. The van der Waals surface area contributed by atoms with Gasteiger partial charge in [-0.15, -0.1) is 0 Å². The first-order valence-corrected chi connectivity index (χ1v) is 9.34. The summed E-state index contributed by atoms with van der Waals surface area (Å²) in [4.78, 5) is 31.2. The summed E-state index contributed by atoms with van der Waals surface area (Å²) in [5.74, 6) is -0.798. The number of aliphatic carboxylic acids is 1. The highest BCUT2D eigenvalue weighted by Crippen LogP contribution is 2.30. The Morgan fingerprint density at radius 3 is 2.64 bits per heavy atom. The molecule has 0 saturated heterocycles. The van der Waals surface area contributed by atoms with Crippen molar-refractivity contribution in [2.24, 2.45) is 0 Å². The molecule has 3 rings (SSSR count). The summed E-state index contributed by atoms with van der Waals surface area (Å²) in [5, 5.41) is 11.4. The normalized spacial score (nSPS) is 16.1. The third-order valence-electron chi connectivity index (χ3n) is 4.61. The van der Waals surface area contributed by atoms with Crippen LogP contribution >= 0.6 is 0 Å². The number of carbonyl (C=O) groups excluding carboxylic acids is 1. The van der Waals surface area contributed by atoms with Gasteiger partial charge < -0.3 is 15.2 Å². The maximum absolute atomic E-state index is 12.3. The van der Waals surface area contributed by atoms with Crippen LogP contribution in [0.5, 0.6) is 0 Å². The minimum Gasteiger partial charge on any atom is -0.481 e. The zero-order chi connectivity index (χ0) is 19.8. The van der Waals surface area contributed by atoms with E-state index in [1.807, 2.05) is 24.3 Å². The molecule has 0 saturated carbocycles. The van der Waals surface area contributed by atoms with Crippen LogP contribution in [0.3, 0.4) is 0 Å². The third kappa shape index (κ3) is 5.39. The second kappa shape index (κ2) is 9.64. The van der Waals surface area contributed by atoms with Gasteiger partial charge in [-0.1, -0.05) is 18.6 Å². The van der Waals surface area contributed by atoms with Crippen molar-refractivity contribution in [1.82, 2.24) is 15.3 Å². The molecule has 0 aromatic carbocycles. The van der Waals surface area contributed by atoms with Crippen molar-refractivity contribution in [3.05, 3.63) is 59.2 Å². The monoisotopic (exact) mass is 381 g/mol. The van der Waals surface area contributed by atoms with Crippen LogP contribution in [-0.2, 0) is 16.0 Å². The molecule has 28 heavy (non-hydrogen) atoms. The van der Waals surface area contributed by atoms with Crippen LogP contribution in [-0.4, -0.2) is 33.7 Å². The molecular weight excluding hydrogens is 358 g/mol. The molecule has 7 nitrogen and oxygen atoms in total. The van der Waals surface area contributed by atoms with Crippen LogP contribution in [0.1, 0.15) is 54.0 Å². The van der Waals surface area contributed by atoms with E-state index in [0.717, 1.165) is 28.7 Å². The van der Waals surface area contributed by atoms with Gasteiger partial charge in [0.15, 0.2) is 0 Å². The molecule has 2 heterocycles. The molecule has 2 aromatic rings. The molecule has 0 aliphatic heterocycles. The van der Waals surface area contributed by atoms with Crippen molar-refractivity contribution in [3.8, 4) is 0 Å². The number of nitrogens with zero attached hydrogens (tertiary/aromatic N) is 2. The number of fused-ring (bicyclic) bond motifs is 2. The fourth-order valence-corrected chi connectivity index (χ4v) is 3.14. The summed E-state index contributed by atoms with van der Waals surface area (Å²) >= 11 is 0. The quantitative estimate of drug-likeness (QED) is 0.711. The van der Waals surface area contributed by atoms with Crippen molar-refractivity contribution in [1.29, 1.82) is 0 Å². The first-order chi connectivity index (χ1) is 13.6. The molecule has 0 fully saturated rings. The fourth-order valence-electron chi connectivity index (χ4n) is 3.14. The summed E-state index contributed by atoms with van der Waals surface area (Å²) in [6.07, 6.45) is 12.7. The Labute approximate surface area is 163 Å². The van der Waals surface area contributed by atoms with Gasteiger partial charge in [-0.25, -0.2) is 4.79 Å². The number of carboxylic acid groups (broad SMARTS) is 1. The lowest BCUT2D eigenvalue weighted by atomic mass is 9.93. The van der Waals surface area contributed by atoms with E-state index in [1.54, 1.807) is 24.8 Å². The summed E-state index contributed by atoms with van der Waals surface area (Å²) in [7, 11) is 0.